The molecule has 0 aliphatic heterocycles. The Morgan fingerprint density at radius 3 is 2.36 bits per heavy atom. The minimum atomic E-state index is 0.602. The fourth-order valence-corrected chi connectivity index (χ4v) is 3.57. The molecule has 0 bridgehead atoms. The molecule has 0 saturated carbocycles. The molecule has 1 N–H and O–H groups in total. The number of anilines is 1. The van der Waals surface area contributed by atoms with Crippen LogP contribution in [0.2, 0.25) is 0 Å². The van der Waals surface area contributed by atoms with Gasteiger partial charge in [-0.05, 0) is 66.8 Å². The van der Waals surface area contributed by atoms with Gasteiger partial charge in [0, 0.05) is 18.2 Å². The second-order valence-electron chi connectivity index (χ2n) is 6.61. The number of nitrogens with one attached hydrogen (secondary N) is 1. The molecule has 4 rings (SSSR count). The summed E-state index contributed by atoms with van der Waals surface area (Å²) in [5.74, 6) is 2.33. The van der Waals surface area contributed by atoms with E-state index in [0.717, 1.165) is 23.7 Å². The van der Waals surface area contributed by atoms with E-state index in [2.05, 4.69) is 41.7 Å². The van der Waals surface area contributed by atoms with Gasteiger partial charge >= 0.3 is 0 Å². The fraction of sp³-hybridized carbons (Fsp3) is 0.217. The van der Waals surface area contributed by atoms with Crippen LogP contribution in [-0.2, 0) is 6.42 Å². The molecule has 2 nitrogen and oxygen atoms in total. The van der Waals surface area contributed by atoms with E-state index in [-0.39, 0.29) is 0 Å². The molecule has 1 aliphatic carbocycles. The van der Waals surface area contributed by atoms with Crippen molar-refractivity contribution in [1.29, 1.82) is 0 Å². The van der Waals surface area contributed by atoms with Crippen molar-refractivity contribution >= 4 is 5.69 Å². The lowest BCUT2D eigenvalue weighted by Crippen LogP contribution is -2.18. The molecule has 0 aromatic heterocycles. The second-order valence-corrected chi connectivity index (χ2v) is 6.61. The Bertz CT molecular complexity index is 811. The van der Waals surface area contributed by atoms with Crippen LogP contribution in [0.25, 0.3) is 0 Å². The predicted molar refractivity (Wildman–Crippen MR) is 104 cm³/mol. The number of hydrogen-bond donors (Lipinski definition) is 1. The van der Waals surface area contributed by atoms with E-state index >= 15 is 0 Å². The maximum atomic E-state index is 5.85. The molecule has 1 atom stereocenters. The van der Waals surface area contributed by atoms with Crippen LogP contribution in [0.5, 0.6) is 11.5 Å². The van der Waals surface area contributed by atoms with Gasteiger partial charge in [-0.15, -0.1) is 0 Å². The Kier molecular flexibility index (Phi) is 4.69. The van der Waals surface area contributed by atoms with Crippen LogP contribution in [-0.4, -0.2) is 6.54 Å². The topological polar surface area (TPSA) is 21.3 Å². The first kappa shape index (κ1) is 15.8. The molecule has 1 aliphatic rings. The third-order valence-corrected chi connectivity index (χ3v) is 4.88. The minimum absolute atomic E-state index is 0.602. The van der Waals surface area contributed by atoms with Crippen molar-refractivity contribution in [3.05, 3.63) is 90.0 Å². The Morgan fingerprint density at radius 2 is 1.52 bits per heavy atom. The maximum Gasteiger partial charge on any atom is 0.127 e. The van der Waals surface area contributed by atoms with Gasteiger partial charge in [-0.3, -0.25) is 0 Å². The van der Waals surface area contributed by atoms with Crippen molar-refractivity contribution in [3.63, 3.8) is 0 Å². The minimum Gasteiger partial charge on any atom is -0.457 e. The molecule has 0 heterocycles. The molecule has 3 aromatic carbocycles. The van der Waals surface area contributed by atoms with E-state index in [1.165, 1.54) is 30.4 Å². The van der Waals surface area contributed by atoms with Crippen LogP contribution >= 0.6 is 0 Å². The van der Waals surface area contributed by atoms with Gasteiger partial charge in [-0.25, -0.2) is 0 Å². The number of benzene rings is 3. The average molecular weight is 329 g/mol. The van der Waals surface area contributed by atoms with Gasteiger partial charge in [-0.1, -0.05) is 42.5 Å². The van der Waals surface area contributed by atoms with Gasteiger partial charge in [0.1, 0.15) is 11.5 Å². The summed E-state index contributed by atoms with van der Waals surface area (Å²) >= 11 is 0. The number of ether oxygens (including phenoxy) is 1. The summed E-state index contributed by atoms with van der Waals surface area (Å²) in [6.45, 7) is 0.982. The lowest BCUT2D eigenvalue weighted by Gasteiger charge is -2.26. The number of fused-ring (bicyclic) bond motifs is 1. The summed E-state index contributed by atoms with van der Waals surface area (Å²) in [7, 11) is 0. The van der Waals surface area contributed by atoms with Crippen LogP contribution in [0.1, 0.15) is 29.9 Å². The fourth-order valence-electron chi connectivity index (χ4n) is 3.57. The molecule has 25 heavy (non-hydrogen) atoms. The Balaban J connectivity index is 1.38. The number of aryl methyl sites for hydroxylation is 1. The SMILES string of the molecule is c1ccc(Oc2ccc(NCC3CCCc4ccccc43)cc2)cc1. The summed E-state index contributed by atoms with van der Waals surface area (Å²) in [5, 5.41) is 3.59. The van der Waals surface area contributed by atoms with E-state index in [4.69, 9.17) is 4.74 Å². The average Bonchev–Trinajstić information content (AvgIpc) is 2.68. The molecule has 0 radical (unpaired) electrons. The van der Waals surface area contributed by atoms with E-state index in [0.29, 0.717) is 5.92 Å². The highest BCUT2D eigenvalue weighted by atomic mass is 16.5. The van der Waals surface area contributed by atoms with Gasteiger partial charge in [0.15, 0.2) is 0 Å². The summed E-state index contributed by atoms with van der Waals surface area (Å²) in [4.78, 5) is 0. The summed E-state index contributed by atoms with van der Waals surface area (Å²) in [6.07, 6.45) is 3.77. The van der Waals surface area contributed by atoms with E-state index in [1.807, 2.05) is 42.5 Å². The summed E-state index contributed by atoms with van der Waals surface area (Å²) in [5.41, 5.74) is 4.18. The predicted octanol–water partition coefficient (Wildman–Crippen LogP) is 6.01. The largest absolute Gasteiger partial charge is 0.457 e. The first-order valence-electron chi connectivity index (χ1n) is 9.03. The van der Waals surface area contributed by atoms with Crippen molar-refractivity contribution in [2.45, 2.75) is 25.2 Å². The molecule has 0 saturated heterocycles. The summed E-state index contributed by atoms with van der Waals surface area (Å²) in [6, 6.07) is 27.0. The lowest BCUT2D eigenvalue weighted by molar-refractivity contribution is 0.483. The van der Waals surface area contributed by atoms with Gasteiger partial charge in [0.25, 0.3) is 0 Å². The standard InChI is InChI=1S/C23H23NO/c1-2-10-21(11-3-1)25-22-15-13-20(14-16-22)24-17-19-9-6-8-18-7-4-5-12-23(18)19/h1-5,7,10-16,19,24H,6,8-9,17H2. The molecule has 0 fully saturated rings. The van der Waals surface area contributed by atoms with Crippen molar-refractivity contribution < 1.29 is 4.74 Å². The third-order valence-electron chi connectivity index (χ3n) is 4.88. The third kappa shape index (κ3) is 3.85. The molecule has 0 amide bonds. The van der Waals surface area contributed by atoms with Gasteiger partial charge in [0.05, 0.1) is 0 Å². The smallest absolute Gasteiger partial charge is 0.127 e. The highest BCUT2D eigenvalue weighted by Gasteiger charge is 2.19. The number of hydrogen-bond acceptors (Lipinski definition) is 2. The van der Waals surface area contributed by atoms with Crippen molar-refractivity contribution in [3.8, 4) is 11.5 Å². The maximum absolute atomic E-state index is 5.85. The molecule has 3 aromatic rings. The molecule has 1 unspecified atom stereocenters. The van der Waals surface area contributed by atoms with Crippen molar-refractivity contribution in [2.75, 3.05) is 11.9 Å². The van der Waals surface area contributed by atoms with E-state index in [1.54, 1.807) is 0 Å². The zero-order chi connectivity index (χ0) is 16.9. The van der Waals surface area contributed by atoms with Gasteiger partial charge in [0.2, 0.25) is 0 Å². The second kappa shape index (κ2) is 7.43. The molecule has 126 valence electrons. The first-order valence-corrected chi connectivity index (χ1v) is 9.03. The van der Waals surface area contributed by atoms with E-state index in [9.17, 15) is 0 Å². The Hall–Kier alpha value is -2.74. The van der Waals surface area contributed by atoms with Crippen LogP contribution in [0, 0.1) is 0 Å². The number of para-hydroxylation sites is 1. The normalized spacial score (nSPS) is 16.1. The van der Waals surface area contributed by atoms with Crippen molar-refractivity contribution in [1.82, 2.24) is 0 Å². The highest BCUT2D eigenvalue weighted by molar-refractivity contribution is 5.48. The summed E-state index contributed by atoms with van der Waals surface area (Å²) < 4.78 is 5.85. The van der Waals surface area contributed by atoms with Crippen LogP contribution in [0.3, 0.4) is 0 Å². The Labute approximate surface area is 149 Å². The lowest BCUT2D eigenvalue weighted by atomic mass is 9.83. The zero-order valence-electron chi connectivity index (χ0n) is 14.3. The molecular formula is C23H23NO. The zero-order valence-corrected chi connectivity index (χ0v) is 14.3. The molecule has 2 heteroatoms. The van der Waals surface area contributed by atoms with Crippen LogP contribution in [0.4, 0.5) is 5.69 Å². The number of rotatable bonds is 5. The van der Waals surface area contributed by atoms with Crippen LogP contribution < -0.4 is 10.1 Å². The highest BCUT2D eigenvalue weighted by Crippen LogP contribution is 2.32. The quantitative estimate of drug-likeness (QED) is 0.619. The van der Waals surface area contributed by atoms with E-state index < -0.39 is 0 Å². The van der Waals surface area contributed by atoms with Crippen molar-refractivity contribution in [2.24, 2.45) is 0 Å². The van der Waals surface area contributed by atoms with Crippen LogP contribution in [0.15, 0.2) is 78.9 Å². The molecule has 0 spiro atoms. The van der Waals surface area contributed by atoms with Gasteiger partial charge < -0.3 is 10.1 Å². The monoisotopic (exact) mass is 329 g/mol. The molecular weight excluding hydrogens is 306 g/mol. The Morgan fingerprint density at radius 1 is 0.800 bits per heavy atom. The van der Waals surface area contributed by atoms with Gasteiger partial charge in [-0.2, -0.15) is 0 Å². The first-order chi connectivity index (χ1) is 12.4.